The minimum atomic E-state index is -0.568. The molecule has 7 heteroatoms. The number of hydrogen-bond donors (Lipinski definition) is 1. The van der Waals surface area contributed by atoms with Gasteiger partial charge in [0.05, 0.1) is 12.8 Å². The molecule has 0 saturated carbocycles. The van der Waals surface area contributed by atoms with Gasteiger partial charge in [-0.2, -0.15) is 0 Å². The average Bonchev–Trinajstić information content (AvgIpc) is 2.74. The number of ether oxygens (including phenoxy) is 1. The van der Waals surface area contributed by atoms with Gasteiger partial charge in [-0.25, -0.2) is 0 Å². The summed E-state index contributed by atoms with van der Waals surface area (Å²) < 4.78 is 7.82. The zero-order valence-corrected chi connectivity index (χ0v) is 19.7. The zero-order valence-electron chi connectivity index (χ0n) is 18.1. The summed E-state index contributed by atoms with van der Waals surface area (Å²) in [5, 5.41) is 2.76. The molecule has 1 aliphatic carbocycles. The number of nitrogens with zero attached hydrogens (tertiary/aromatic N) is 1. The van der Waals surface area contributed by atoms with Crippen LogP contribution in [0.15, 0.2) is 63.9 Å². The van der Waals surface area contributed by atoms with Gasteiger partial charge in [0.1, 0.15) is 11.3 Å². The van der Waals surface area contributed by atoms with Crippen LogP contribution in [0.5, 0.6) is 5.75 Å². The second-order valence-electron chi connectivity index (χ2n) is 8.63. The van der Waals surface area contributed by atoms with E-state index >= 15 is 0 Å². The predicted octanol–water partition coefficient (Wildman–Crippen LogP) is 5.02. The van der Waals surface area contributed by atoms with E-state index in [1.165, 1.54) is 17.7 Å². The number of fused-ring (bicyclic) bond motifs is 1. The highest BCUT2D eigenvalue weighted by Gasteiger charge is 2.35. The summed E-state index contributed by atoms with van der Waals surface area (Å²) in [4.78, 5) is 39.8. The highest BCUT2D eigenvalue weighted by atomic mass is 79.9. The van der Waals surface area contributed by atoms with Crippen molar-refractivity contribution in [3.05, 3.63) is 86.2 Å². The van der Waals surface area contributed by atoms with Gasteiger partial charge in [0.15, 0.2) is 5.78 Å². The van der Waals surface area contributed by atoms with Crippen LogP contribution in [-0.4, -0.2) is 23.4 Å². The monoisotopic (exact) mass is 494 g/mol. The fourth-order valence-corrected chi connectivity index (χ4v) is 4.34. The number of methoxy groups -OCH3 is 1. The van der Waals surface area contributed by atoms with E-state index in [9.17, 15) is 14.4 Å². The van der Waals surface area contributed by atoms with Crippen LogP contribution in [-0.2, 0) is 6.42 Å². The second kappa shape index (κ2) is 8.39. The largest absolute Gasteiger partial charge is 0.495 e. The van der Waals surface area contributed by atoms with Crippen molar-refractivity contribution in [1.29, 1.82) is 0 Å². The maximum absolute atomic E-state index is 13.6. The number of anilines is 1. The Labute approximate surface area is 194 Å². The normalized spacial score (nSPS) is 14.6. The summed E-state index contributed by atoms with van der Waals surface area (Å²) in [6.45, 7) is 4.00. The summed E-state index contributed by atoms with van der Waals surface area (Å²) in [5.74, 6) is -0.169. The van der Waals surface area contributed by atoms with E-state index in [-0.39, 0.29) is 16.8 Å². The molecule has 4 rings (SSSR count). The molecule has 1 N–H and O–H groups in total. The van der Waals surface area contributed by atoms with E-state index < -0.39 is 11.5 Å². The maximum atomic E-state index is 13.6. The Morgan fingerprint density at radius 3 is 2.44 bits per heavy atom. The number of rotatable bonds is 4. The Kier molecular flexibility index (Phi) is 5.77. The Hall–Kier alpha value is -3.19. The lowest BCUT2D eigenvalue weighted by Crippen LogP contribution is -2.37. The van der Waals surface area contributed by atoms with Gasteiger partial charge < -0.3 is 10.1 Å². The number of pyridine rings is 1. The van der Waals surface area contributed by atoms with E-state index in [1.807, 2.05) is 13.8 Å². The Morgan fingerprint density at radius 1 is 1.06 bits per heavy atom. The van der Waals surface area contributed by atoms with Gasteiger partial charge in [0, 0.05) is 27.8 Å². The van der Waals surface area contributed by atoms with Crippen molar-refractivity contribution < 1.29 is 14.3 Å². The molecule has 0 radical (unpaired) electrons. The number of Topliss-reactive ketones (excluding diaryl/α,β-unsaturated/α-hetero) is 1. The minimum absolute atomic E-state index is 0.0856. The van der Waals surface area contributed by atoms with Crippen molar-refractivity contribution in [2.75, 3.05) is 12.4 Å². The molecule has 32 heavy (non-hydrogen) atoms. The first kappa shape index (κ1) is 22.0. The number of amides is 1. The van der Waals surface area contributed by atoms with Gasteiger partial charge in [0.25, 0.3) is 11.5 Å². The molecule has 0 bridgehead atoms. The first-order valence-corrected chi connectivity index (χ1v) is 11.0. The van der Waals surface area contributed by atoms with Crippen LogP contribution in [0.4, 0.5) is 5.69 Å². The van der Waals surface area contributed by atoms with E-state index in [4.69, 9.17) is 4.74 Å². The van der Waals surface area contributed by atoms with Gasteiger partial charge in [0.2, 0.25) is 0 Å². The highest BCUT2D eigenvalue weighted by molar-refractivity contribution is 9.10. The van der Waals surface area contributed by atoms with Crippen molar-refractivity contribution in [1.82, 2.24) is 4.57 Å². The summed E-state index contributed by atoms with van der Waals surface area (Å²) >= 11 is 3.36. The van der Waals surface area contributed by atoms with E-state index in [1.54, 1.807) is 48.5 Å². The molecule has 1 aliphatic rings. The minimum Gasteiger partial charge on any atom is -0.495 e. The molecule has 1 heterocycles. The van der Waals surface area contributed by atoms with Crippen LogP contribution in [0.3, 0.4) is 0 Å². The lowest BCUT2D eigenvalue weighted by atomic mass is 9.75. The van der Waals surface area contributed by atoms with E-state index in [2.05, 4.69) is 21.2 Å². The van der Waals surface area contributed by atoms with Crippen molar-refractivity contribution >= 4 is 33.3 Å². The Balaban J connectivity index is 1.92. The van der Waals surface area contributed by atoms with Crippen molar-refractivity contribution in [3.63, 3.8) is 0 Å². The topological polar surface area (TPSA) is 77.4 Å². The molecule has 0 atom stereocenters. The number of carbonyl (C=O) groups excluding carboxylic acids is 2. The predicted molar refractivity (Wildman–Crippen MR) is 127 cm³/mol. The average molecular weight is 495 g/mol. The lowest BCUT2D eigenvalue weighted by Gasteiger charge is -2.32. The molecular formula is C25H23BrN2O4. The lowest BCUT2D eigenvalue weighted by molar-refractivity contribution is 0.0908. The summed E-state index contributed by atoms with van der Waals surface area (Å²) in [6, 6.07) is 15.6. The molecule has 6 nitrogen and oxygen atoms in total. The van der Waals surface area contributed by atoms with Crippen LogP contribution >= 0.6 is 15.9 Å². The molecule has 1 amide bonds. The van der Waals surface area contributed by atoms with Crippen LogP contribution in [0.25, 0.3) is 5.69 Å². The third-order valence-corrected chi connectivity index (χ3v) is 6.09. The molecule has 2 aromatic carbocycles. The molecule has 0 spiro atoms. The summed E-state index contributed by atoms with van der Waals surface area (Å²) in [7, 11) is 1.52. The number of halogens is 1. The van der Waals surface area contributed by atoms with Crippen LogP contribution in [0, 0.1) is 5.41 Å². The Bertz CT molecular complexity index is 1280. The third-order valence-electron chi connectivity index (χ3n) is 5.56. The fourth-order valence-electron chi connectivity index (χ4n) is 4.08. The number of carbonyl (C=O) groups is 2. The third kappa shape index (κ3) is 4.12. The smallest absolute Gasteiger partial charge is 0.268 e. The van der Waals surface area contributed by atoms with Gasteiger partial charge >= 0.3 is 0 Å². The van der Waals surface area contributed by atoms with Crippen LogP contribution < -0.4 is 15.6 Å². The first-order valence-electron chi connectivity index (χ1n) is 10.2. The first-order chi connectivity index (χ1) is 15.2. The standard InChI is InChI=1S/C25H23BrN2O4/c1-25(2)13-20-17(21(29)14-25)12-18(23(30)27-16-10-8-15(26)9-11-16)24(31)28(20)19-6-4-5-7-22(19)32-3/h4-12H,13-14H2,1-3H3,(H,27,30). The maximum Gasteiger partial charge on any atom is 0.268 e. The zero-order chi connectivity index (χ0) is 23.0. The molecule has 0 fully saturated rings. The van der Waals surface area contributed by atoms with E-state index in [0.29, 0.717) is 41.2 Å². The van der Waals surface area contributed by atoms with Gasteiger partial charge in [-0.3, -0.25) is 19.0 Å². The van der Waals surface area contributed by atoms with Crippen molar-refractivity contribution in [3.8, 4) is 11.4 Å². The second-order valence-corrected chi connectivity index (χ2v) is 9.55. The fraction of sp³-hybridized carbons (Fsp3) is 0.240. The van der Waals surface area contributed by atoms with Gasteiger partial charge in [-0.1, -0.05) is 41.9 Å². The number of benzene rings is 2. The quantitative estimate of drug-likeness (QED) is 0.552. The molecule has 0 saturated heterocycles. The highest BCUT2D eigenvalue weighted by Crippen LogP contribution is 2.36. The summed E-state index contributed by atoms with van der Waals surface area (Å²) in [5.41, 5.74) is 1.16. The number of nitrogens with one attached hydrogen (secondary N) is 1. The number of aromatic nitrogens is 1. The Morgan fingerprint density at radius 2 is 1.75 bits per heavy atom. The number of para-hydroxylation sites is 2. The molecule has 1 aromatic heterocycles. The number of hydrogen-bond acceptors (Lipinski definition) is 4. The summed E-state index contributed by atoms with van der Waals surface area (Å²) in [6.07, 6.45) is 0.869. The molecule has 164 valence electrons. The van der Waals surface area contributed by atoms with Crippen molar-refractivity contribution in [2.45, 2.75) is 26.7 Å². The molecule has 0 aliphatic heterocycles. The van der Waals surface area contributed by atoms with Crippen molar-refractivity contribution in [2.24, 2.45) is 5.41 Å². The molecule has 3 aromatic rings. The van der Waals surface area contributed by atoms with Gasteiger partial charge in [-0.15, -0.1) is 0 Å². The van der Waals surface area contributed by atoms with E-state index in [0.717, 1.165) is 4.47 Å². The van der Waals surface area contributed by atoms with Crippen LogP contribution in [0.1, 0.15) is 46.7 Å². The SMILES string of the molecule is COc1ccccc1-n1c2c(cc(C(=O)Nc3ccc(Br)cc3)c1=O)C(=O)CC(C)(C)C2. The number of ketones is 1. The molecular weight excluding hydrogens is 472 g/mol. The van der Waals surface area contributed by atoms with Gasteiger partial charge in [-0.05, 0) is 54.3 Å². The molecule has 0 unspecified atom stereocenters. The van der Waals surface area contributed by atoms with Crippen LogP contribution in [0.2, 0.25) is 0 Å².